The molecule has 3 N–H and O–H groups in total. The van der Waals surface area contributed by atoms with Crippen molar-refractivity contribution >= 4 is 11.6 Å². The Bertz CT molecular complexity index is 916. The van der Waals surface area contributed by atoms with E-state index in [4.69, 9.17) is 9.72 Å². The summed E-state index contributed by atoms with van der Waals surface area (Å²) >= 11 is 0. The first-order valence-electron chi connectivity index (χ1n) is 9.80. The molecule has 0 bridgehead atoms. The van der Waals surface area contributed by atoms with Crippen LogP contribution in [0.2, 0.25) is 0 Å². The van der Waals surface area contributed by atoms with Gasteiger partial charge in [0.25, 0.3) is 0 Å². The maximum Gasteiger partial charge on any atom is 0.243 e. The van der Waals surface area contributed by atoms with E-state index < -0.39 is 0 Å². The number of fused-ring (bicyclic) bond motifs is 1. The van der Waals surface area contributed by atoms with E-state index >= 15 is 0 Å². The number of H-pyrrole nitrogens is 1. The first-order valence-corrected chi connectivity index (χ1v) is 9.80. The van der Waals surface area contributed by atoms with Crippen LogP contribution >= 0.6 is 0 Å². The number of rotatable bonds is 5. The van der Waals surface area contributed by atoms with Gasteiger partial charge in [0.05, 0.1) is 12.3 Å². The molecule has 1 aliphatic carbocycles. The Morgan fingerprint density at radius 1 is 1.30 bits per heavy atom. The number of piperidine rings is 1. The topological polar surface area (TPSA) is 92.2 Å². The SMILES string of the molecule is C[C@@H]1CNCC[C@@H]1Nc1nc2c(OC3CCC3)c(-c3cn[nH]c3)ccn2n1. The van der Waals surface area contributed by atoms with E-state index in [0.717, 1.165) is 54.9 Å². The van der Waals surface area contributed by atoms with Gasteiger partial charge in [-0.3, -0.25) is 5.10 Å². The van der Waals surface area contributed by atoms with Crippen LogP contribution in [0.5, 0.6) is 5.75 Å². The van der Waals surface area contributed by atoms with Crippen LogP contribution in [0.3, 0.4) is 0 Å². The Balaban J connectivity index is 1.51. The van der Waals surface area contributed by atoms with Gasteiger partial charge in [-0.25, -0.2) is 4.52 Å². The Kier molecular flexibility index (Phi) is 4.20. The number of ether oxygens (including phenoxy) is 1. The van der Waals surface area contributed by atoms with Gasteiger partial charge in [-0.2, -0.15) is 10.1 Å². The summed E-state index contributed by atoms with van der Waals surface area (Å²) in [6, 6.07) is 2.41. The highest BCUT2D eigenvalue weighted by atomic mass is 16.5. The number of pyridine rings is 1. The van der Waals surface area contributed by atoms with Crippen molar-refractivity contribution in [3.8, 4) is 16.9 Å². The van der Waals surface area contributed by atoms with Crippen molar-refractivity contribution in [2.24, 2.45) is 5.92 Å². The van der Waals surface area contributed by atoms with Crippen molar-refractivity contribution in [3.63, 3.8) is 0 Å². The van der Waals surface area contributed by atoms with Crippen molar-refractivity contribution in [2.45, 2.75) is 44.8 Å². The highest BCUT2D eigenvalue weighted by Gasteiger charge is 2.26. The van der Waals surface area contributed by atoms with Crippen LogP contribution in [0.4, 0.5) is 5.95 Å². The minimum atomic E-state index is 0.263. The van der Waals surface area contributed by atoms with Gasteiger partial charge in [0.2, 0.25) is 5.95 Å². The summed E-state index contributed by atoms with van der Waals surface area (Å²) in [5.41, 5.74) is 2.75. The molecule has 1 saturated carbocycles. The Hall–Kier alpha value is -2.61. The van der Waals surface area contributed by atoms with Gasteiger partial charge in [0, 0.05) is 29.6 Å². The summed E-state index contributed by atoms with van der Waals surface area (Å²) in [6.07, 6.45) is 10.4. The predicted octanol–water partition coefficient (Wildman–Crippen LogP) is 2.46. The lowest BCUT2D eigenvalue weighted by molar-refractivity contribution is 0.122. The number of aromatic nitrogens is 5. The molecular formula is C19H25N7O. The average Bonchev–Trinajstić information content (AvgIpc) is 3.29. The number of nitrogens with zero attached hydrogens (tertiary/aromatic N) is 4. The third-order valence-corrected chi connectivity index (χ3v) is 5.71. The second-order valence-electron chi connectivity index (χ2n) is 7.64. The molecule has 2 aliphatic rings. The first kappa shape index (κ1) is 16.6. The quantitative estimate of drug-likeness (QED) is 0.642. The zero-order chi connectivity index (χ0) is 18.2. The first-order chi connectivity index (χ1) is 13.3. The van der Waals surface area contributed by atoms with Crippen LogP contribution in [0.15, 0.2) is 24.7 Å². The maximum absolute atomic E-state index is 6.34. The highest BCUT2D eigenvalue weighted by molar-refractivity contribution is 5.77. The summed E-state index contributed by atoms with van der Waals surface area (Å²) in [5.74, 6) is 2.00. The minimum Gasteiger partial charge on any atom is -0.486 e. The van der Waals surface area contributed by atoms with E-state index in [2.05, 4.69) is 32.9 Å². The second kappa shape index (κ2) is 6.84. The van der Waals surface area contributed by atoms with E-state index in [1.54, 1.807) is 0 Å². The number of anilines is 1. The molecule has 0 amide bonds. The van der Waals surface area contributed by atoms with Crippen molar-refractivity contribution in [1.29, 1.82) is 0 Å². The van der Waals surface area contributed by atoms with Gasteiger partial charge in [-0.05, 0) is 50.8 Å². The molecule has 8 heteroatoms. The number of hydrogen-bond donors (Lipinski definition) is 3. The smallest absolute Gasteiger partial charge is 0.243 e. The fourth-order valence-corrected chi connectivity index (χ4v) is 3.78. The van der Waals surface area contributed by atoms with Crippen LogP contribution in [0.1, 0.15) is 32.6 Å². The van der Waals surface area contributed by atoms with Crippen molar-refractivity contribution in [2.75, 3.05) is 18.4 Å². The normalized spacial score (nSPS) is 23.3. The van der Waals surface area contributed by atoms with Gasteiger partial charge in [-0.1, -0.05) is 6.92 Å². The molecule has 5 rings (SSSR count). The number of nitrogens with one attached hydrogen (secondary N) is 3. The van der Waals surface area contributed by atoms with Crippen molar-refractivity contribution < 1.29 is 4.74 Å². The third kappa shape index (κ3) is 3.14. The van der Waals surface area contributed by atoms with E-state index in [1.807, 2.05) is 29.2 Å². The molecule has 0 unspecified atom stereocenters. The Morgan fingerprint density at radius 2 is 2.22 bits per heavy atom. The molecule has 3 aromatic heterocycles. The summed E-state index contributed by atoms with van der Waals surface area (Å²) < 4.78 is 8.15. The van der Waals surface area contributed by atoms with Crippen LogP contribution in [-0.2, 0) is 0 Å². The molecule has 1 saturated heterocycles. The molecule has 2 atom stereocenters. The number of hydrogen-bond acceptors (Lipinski definition) is 6. The van der Waals surface area contributed by atoms with Gasteiger partial charge < -0.3 is 15.4 Å². The third-order valence-electron chi connectivity index (χ3n) is 5.71. The van der Waals surface area contributed by atoms with E-state index in [1.165, 1.54) is 6.42 Å². The fourth-order valence-electron chi connectivity index (χ4n) is 3.78. The van der Waals surface area contributed by atoms with Crippen LogP contribution in [-0.4, -0.2) is 50.0 Å². The number of aromatic amines is 1. The molecule has 4 heterocycles. The summed E-state index contributed by atoms with van der Waals surface area (Å²) in [5, 5.41) is 18.6. The maximum atomic E-state index is 6.34. The molecule has 27 heavy (non-hydrogen) atoms. The lowest BCUT2D eigenvalue weighted by atomic mass is 9.95. The van der Waals surface area contributed by atoms with Gasteiger partial charge >= 0.3 is 0 Å². The highest BCUT2D eigenvalue weighted by Crippen LogP contribution is 2.36. The molecule has 142 valence electrons. The van der Waals surface area contributed by atoms with E-state index in [0.29, 0.717) is 17.9 Å². The monoisotopic (exact) mass is 367 g/mol. The lowest BCUT2D eigenvalue weighted by Gasteiger charge is -2.29. The standard InChI is InChI=1S/C19H25N7O/c1-12-9-20-7-5-16(12)23-19-24-18-17(27-14-3-2-4-14)15(6-8-26(18)25-19)13-10-21-22-11-13/h6,8,10-12,14,16,20H,2-5,7,9H2,1H3,(H,21,22)(H,23,25)/t12-,16+/m1/s1. The molecule has 2 fully saturated rings. The molecular weight excluding hydrogens is 342 g/mol. The molecule has 3 aromatic rings. The second-order valence-corrected chi connectivity index (χ2v) is 7.64. The van der Waals surface area contributed by atoms with Crippen molar-refractivity contribution in [3.05, 3.63) is 24.7 Å². The summed E-state index contributed by atoms with van der Waals surface area (Å²) in [7, 11) is 0. The van der Waals surface area contributed by atoms with Gasteiger partial charge in [0.15, 0.2) is 11.4 Å². The fraction of sp³-hybridized carbons (Fsp3) is 0.526. The molecule has 0 spiro atoms. The summed E-state index contributed by atoms with van der Waals surface area (Å²) in [6.45, 7) is 4.30. The van der Waals surface area contributed by atoms with Gasteiger partial charge in [0.1, 0.15) is 0 Å². The van der Waals surface area contributed by atoms with Crippen LogP contribution in [0.25, 0.3) is 16.8 Å². The summed E-state index contributed by atoms with van der Waals surface area (Å²) in [4.78, 5) is 4.79. The lowest BCUT2D eigenvalue weighted by Crippen LogP contribution is -2.42. The zero-order valence-corrected chi connectivity index (χ0v) is 15.5. The van der Waals surface area contributed by atoms with Crippen LogP contribution in [0, 0.1) is 5.92 Å². The molecule has 8 nitrogen and oxygen atoms in total. The van der Waals surface area contributed by atoms with Crippen molar-refractivity contribution in [1.82, 2.24) is 30.1 Å². The Morgan fingerprint density at radius 3 is 2.96 bits per heavy atom. The van der Waals surface area contributed by atoms with E-state index in [9.17, 15) is 0 Å². The minimum absolute atomic E-state index is 0.263. The molecule has 0 aromatic carbocycles. The molecule has 0 radical (unpaired) electrons. The molecule has 1 aliphatic heterocycles. The average molecular weight is 367 g/mol. The van der Waals surface area contributed by atoms with Crippen LogP contribution < -0.4 is 15.4 Å². The van der Waals surface area contributed by atoms with E-state index in [-0.39, 0.29) is 6.10 Å². The van der Waals surface area contributed by atoms with Gasteiger partial charge in [-0.15, -0.1) is 5.10 Å². The predicted molar refractivity (Wildman–Crippen MR) is 103 cm³/mol. The Labute approximate surface area is 157 Å². The largest absolute Gasteiger partial charge is 0.486 e. The zero-order valence-electron chi connectivity index (χ0n) is 15.5.